The lowest BCUT2D eigenvalue weighted by Gasteiger charge is -2.08. The zero-order chi connectivity index (χ0) is 21.7. The summed E-state index contributed by atoms with van der Waals surface area (Å²) in [6.45, 7) is 2.35. The molecular weight excluding hydrogens is 406 g/mol. The van der Waals surface area contributed by atoms with E-state index < -0.39 is 17.4 Å². The van der Waals surface area contributed by atoms with Crippen molar-refractivity contribution in [1.82, 2.24) is 14.7 Å². The molecule has 0 saturated heterocycles. The maximum Gasteiger partial charge on any atom is 0.313 e. The number of carbonyl (C=O) groups is 2. The monoisotopic (exact) mass is 427 g/mol. The van der Waals surface area contributed by atoms with Crippen LogP contribution >= 0.6 is 11.6 Å². The van der Waals surface area contributed by atoms with Gasteiger partial charge in [0.15, 0.2) is 0 Å². The Morgan fingerprint density at radius 1 is 0.967 bits per heavy atom. The highest BCUT2D eigenvalue weighted by Gasteiger charge is 2.21. The molecule has 0 aliphatic heterocycles. The number of rotatable bonds is 6. The topological polar surface area (TPSA) is 97.2 Å². The van der Waals surface area contributed by atoms with Crippen LogP contribution in [0.3, 0.4) is 0 Å². The van der Waals surface area contributed by atoms with Gasteiger partial charge in [-0.05, 0) is 43.3 Å². The summed E-state index contributed by atoms with van der Waals surface area (Å²) in [4.78, 5) is 37.2. The van der Waals surface area contributed by atoms with Crippen LogP contribution in [0.4, 0.5) is 11.4 Å². The Balaban J connectivity index is 1.59. The molecule has 0 spiro atoms. The number of halogens is 1. The average molecular weight is 428 g/mol. The first-order valence-electron chi connectivity index (χ1n) is 9.31. The van der Waals surface area contributed by atoms with Gasteiger partial charge < -0.3 is 16.0 Å². The molecule has 0 aliphatic carbocycles. The second kappa shape index (κ2) is 9.32. The molecule has 2 aromatic carbocycles. The van der Waals surface area contributed by atoms with Crippen LogP contribution in [0.5, 0.6) is 0 Å². The average Bonchev–Trinajstić information content (AvgIpc) is 2.96. The van der Waals surface area contributed by atoms with E-state index in [2.05, 4.69) is 16.0 Å². The first-order chi connectivity index (χ1) is 14.4. The minimum absolute atomic E-state index is 0.0702. The lowest BCUT2D eigenvalue weighted by atomic mass is 10.3. The van der Waals surface area contributed by atoms with Crippen molar-refractivity contribution < 1.29 is 9.59 Å². The third-order valence-electron chi connectivity index (χ3n) is 4.58. The van der Waals surface area contributed by atoms with Gasteiger partial charge in [0.25, 0.3) is 5.56 Å². The van der Waals surface area contributed by atoms with E-state index in [1.54, 1.807) is 42.9 Å². The van der Waals surface area contributed by atoms with Gasteiger partial charge in [0.1, 0.15) is 5.69 Å². The number of carbonyl (C=O) groups excluding carboxylic acids is 2. The van der Waals surface area contributed by atoms with Gasteiger partial charge in [-0.25, -0.2) is 4.68 Å². The van der Waals surface area contributed by atoms with Crippen molar-refractivity contribution in [3.8, 4) is 5.69 Å². The van der Waals surface area contributed by atoms with E-state index in [0.717, 1.165) is 5.69 Å². The SMILES string of the molecule is Cc1c(NC(=O)C(=O)NCCNc2ccc(Cl)cc2)c(=O)n(-c2ccccc2)n1C. The van der Waals surface area contributed by atoms with E-state index in [1.165, 1.54) is 4.68 Å². The predicted molar refractivity (Wildman–Crippen MR) is 117 cm³/mol. The number of benzene rings is 2. The summed E-state index contributed by atoms with van der Waals surface area (Å²) < 4.78 is 3.06. The number of nitrogens with one attached hydrogen (secondary N) is 3. The molecule has 0 saturated carbocycles. The molecule has 0 atom stereocenters. The van der Waals surface area contributed by atoms with Crippen molar-refractivity contribution in [3.05, 3.63) is 75.7 Å². The first-order valence-corrected chi connectivity index (χ1v) is 9.69. The fourth-order valence-electron chi connectivity index (χ4n) is 2.91. The maximum absolute atomic E-state index is 12.8. The number of para-hydroxylation sites is 1. The molecule has 1 aromatic heterocycles. The van der Waals surface area contributed by atoms with Crippen molar-refractivity contribution >= 4 is 34.8 Å². The van der Waals surface area contributed by atoms with Crippen LogP contribution in [0.15, 0.2) is 59.4 Å². The Morgan fingerprint density at radius 2 is 1.63 bits per heavy atom. The molecule has 1 heterocycles. The fourth-order valence-corrected chi connectivity index (χ4v) is 3.04. The Bertz CT molecular complexity index is 1100. The lowest BCUT2D eigenvalue weighted by Crippen LogP contribution is -2.38. The third kappa shape index (κ3) is 4.72. The second-order valence-electron chi connectivity index (χ2n) is 6.58. The number of hydrogen-bond acceptors (Lipinski definition) is 4. The molecule has 2 amide bonds. The summed E-state index contributed by atoms with van der Waals surface area (Å²) in [6, 6.07) is 16.2. The molecule has 3 rings (SSSR count). The summed E-state index contributed by atoms with van der Waals surface area (Å²) in [6.07, 6.45) is 0. The van der Waals surface area contributed by atoms with E-state index in [0.29, 0.717) is 22.9 Å². The van der Waals surface area contributed by atoms with Crippen molar-refractivity contribution in [1.29, 1.82) is 0 Å². The minimum atomic E-state index is -0.896. The van der Waals surface area contributed by atoms with Crippen LogP contribution in [0.2, 0.25) is 5.02 Å². The first kappa shape index (κ1) is 21.2. The van der Waals surface area contributed by atoms with Gasteiger partial charge in [-0.15, -0.1) is 0 Å². The van der Waals surface area contributed by atoms with Crippen LogP contribution < -0.4 is 21.5 Å². The standard InChI is InChI=1S/C21H22ClN5O3/c1-14-18(21(30)27(26(14)2)17-6-4-3-5-7-17)25-20(29)19(28)24-13-12-23-16-10-8-15(22)9-11-16/h3-11,23H,12-13H2,1-2H3,(H,24,28)(H,25,29). The van der Waals surface area contributed by atoms with Gasteiger partial charge in [-0.3, -0.25) is 19.1 Å². The van der Waals surface area contributed by atoms with E-state index in [-0.39, 0.29) is 12.2 Å². The molecule has 9 heteroatoms. The summed E-state index contributed by atoms with van der Waals surface area (Å²) >= 11 is 5.83. The van der Waals surface area contributed by atoms with Crippen LogP contribution in [0.25, 0.3) is 5.69 Å². The molecule has 3 aromatic rings. The number of hydrogen-bond donors (Lipinski definition) is 3. The molecule has 8 nitrogen and oxygen atoms in total. The number of amides is 2. The Morgan fingerprint density at radius 3 is 2.30 bits per heavy atom. The van der Waals surface area contributed by atoms with Gasteiger partial charge in [-0.2, -0.15) is 0 Å². The van der Waals surface area contributed by atoms with E-state index in [1.807, 2.05) is 30.3 Å². The second-order valence-corrected chi connectivity index (χ2v) is 7.02. The Hall–Kier alpha value is -3.52. The van der Waals surface area contributed by atoms with Crippen molar-refractivity contribution in [2.24, 2.45) is 7.05 Å². The predicted octanol–water partition coefficient (Wildman–Crippen LogP) is 2.30. The molecule has 0 aliphatic rings. The molecule has 156 valence electrons. The van der Waals surface area contributed by atoms with Gasteiger partial charge in [0.2, 0.25) is 0 Å². The fraction of sp³-hybridized carbons (Fsp3) is 0.190. The van der Waals surface area contributed by atoms with E-state index >= 15 is 0 Å². The van der Waals surface area contributed by atoms with Gasteiger partial charge in [0.05, 0.1) is 11.4 Å². The highest BCUT2D eigenvalue weighted by molar-refractivity contribution is 6.39. The normalized spacial score (nSPS) is 10.5. The van der Waals surface area contributed by atoms with E-state index in [9.17, 15) is 14.4 Å². The smallest absolute Gasteiger partial charge is 0.313 e. The van der Waals surface area contributed by atoms with Crippen LogP contribution in [-0.4, -0.2) is 34.3 Å². The molecule has 30 heavy (non-hydrogen) atoms. The zero-order valence-corrected chi connectivity index (χ0v) is 17.4. The van der Waals surface area contributed by atoms with E-state index in [4.69, 9.17) is 11.6 Å². The molecular formula is C21H22ClN5O3. The third-order valence-corrected chi connectivity index (χ3v) is 4.83. The van der Waals surface area contributed by atoms with Crippen molar-refractivity contribution in [3.63, 3.8) is 0 Å². The summed E-state index contributed by atoms with van der Waals surface area (Å²) in [5, 5.41) is 8.69. The summed E-state index contributed by atoms with van der Waals surface area (Å²) in [7, 11) is 1.71. The van der Waals surface area contributed by atoms with Gasteiger partial charge in [-0.1, -0.05) is 29.8 Å². The molecule has 3 N–H and O–H groups in total. The highest BCUT2D eigenvalue weighted by Crippen LogP contribution is 2.14. The largest absolute Gasteiger partial charge is 0.383 e. The zero-order valence-electron chi connectivity index (χ0n) is 16.6. The molecule has 0 radical (unpaired) electrons. The highest BCUT2D eigenvalue weighted by atomic mass is 35.5. The Kier molecular flexibility index (Phi) is 6.58. The van der Waals surface area contributed by atoms with Gasteiger partial charge in [0, 0.05) is 30.8 Å². The minimum Gasteiger partial charge on any atom is -0.383 e. The maximum atomic E-state index is 12.8. The van der Waals surface area contributed by atoms with Crippen LogP contribution in [0, 0.1) is 6.92 Å². The van der Waals surface area contributed by atoms with Crippen LogP contribution in [-0.2, 0) is 16.6 Å². The Labute approximate surface area is 178 Å². The number of anilines is 2. The molecule has 0 unspecified atom stereocenters. The summed E-state index contributed by atoms with van der Waals surface area (Å²) in [5.41, 5.74) is 1.70. The lowest BCUT2D eigenvalue weighted by molar-refractivity contribution is -0.136. The van der Waals surface area contributed by atoms with Crippen LogP contribution in [0.1, 0.15) is 5.69 Å². The molecule has 0 bridgehead atoms. The van der Waals surface area contributed by atoms with Crippen molar-refractivity contribution in [2.75, 3.05) is 23.7 Å². The number of nitrogens with zero attached hydrogens (tertiary/aromatic N) is 2. The number of aromatic nitrogens is 2. The van der Waals surface area contributed by atoms with Gasteiger partial charge >= 0.3 is 11.8 Å². The quantitative estimate of drug-likeness (QED) is 0.415. The molecule has 0 fully saturated rings. The summed E-state index contributed by atoms with van der Waals surface area (Å²) in [5.74, 6) is -1.71. The van der Waals surface area contributed by atoms with Crippen molar-refractivity contribution in [2.45, 2.75) is 6.92 Å².